The summed E-state index contributed by atoms with van der Waals surface area (Å²) in [4.78, 5) is 11.9. The fraction of sp³-hybridized carbons (Fsp3) is 0.214. The Balaban J connectivity index is 1.48. The molecule has 23 heavy (non-hydrogen) atoms. The van der Waals surface area contributed by atoms with Crippen LogP contribution in [0.3, 0.4) is 0 Å². The number of carbonyl (C=O) groups is 1. The summed E-state index contributed by atoms with van der Waals surface area (Å²) >= 11 is 9.02. The van der Waals surface area contributed by atoms with Gasteiger partial charge in [-0.3, -0.25) is 14.9 Å². The standard InChI is InChI=1S/C14H14ClN5OS2/c1-20-7-10(15)12(19-20)13-17-18-14(23-13)22-8-11(21)16-9-5-3-2-4-6-9/h2-7,13,17H,8H2,1H3,(H,16,21). The molecule has 3 rings (SSSR count). The van der Waals surface area contributed by atoms with Gasteiger partial charge in [-0.1, -0.05) is 53.3 Å². The summed E-state index contributed by atoms with van der Waals surface area (Å²) < 4.78 is 2.46. The molecule has 2 aromatic rings. The third-order valence-electron chi connectivity index (χ3n) is 2.93. The quantitative estimate of drug-likeness (QED) is 0.869. The van der Waals surface area contributed by atoms with Gasteiger partial charge in [0, 0.05) is 18.9 Å². The van der Waals surface area contributed by atoms with Gasteiger partial charge >= 0.3 is 0 Å². The second kappa shape index (κ2) is 7.29. The van der Waals surface area contributed by atoms with Crippen LogP contribution < -0.4 is 10.7 Å². The maximum atomic E-state index is 11.9. The lowest BCUT2D eigenvalue weighted by atomic mass is 10.3. The van der Waals surface area contributed by atoms with Gasteiger partial charge in [-0.2, -0.15) is 10.2 Å². The largest absolute Gasteiger partial charge is 0.325 e. The predicted molar refractivity (Wildman–Crippen MR) is 96.7 cm³/mol. The molecule has 2 heterocycles. The van der Waals surface area contributed by atoms with Crippen LogP contribution in [0.15, 0.2) is 41.6 Å². The summed E-state index contributed by atoms with van der Waals surface area (Å²) in [6.45, 7) is 0. The molecule has 0 saturated heterocycles. The van der Waals surface area contributed by atoms with Gasteiger partial charge in [0.15, 0.2) is 4.38 Å². The molecule has 0 saturated carbocycles. The Hall–Kier alpha value is -1.64. The van der Waals surface area contributed by atoms with Crippen molar-refractivity contribution < 1.29 is 4.79 Å². The molecule has 1 aromatic heterocycles. The van der Waals surface area contributed by atoms with Crippen molar-refractivity contribution in [2.24, 2.45) is 12.1 Å². The van der Waals surface area contributed by atoms with Crippen LogP contribution in [0.5, 0.6) is 0 Å². The number of carbonyl (C=O) groups excluding carboxylic acids is 1. The Bertz CT molecular complexity index is 734. The Kier molecular flexibility index (Phi) is 5.14. The summed E-state index contributed by atoms with van der Waals surface area (Å²) in [5.41, 5.74) is 4.52. The summed E-state index contributed by atoms with van der Waals surface area (Å²) in [5.74, 6) is 0.231. The number of hydrogen-bond donors (Lipinski definition) is 2. The average Bonchev–Trinajstić information content (AvgIpc) is 3.12. The summed E-state index contributed by atoms with van der Waals surface area (Å²) in [6.07, 6.45) is 1.75. The van der Waals surface area contributed by atoms with Gasteiger partial charge in [0.1, 0.15) is 11.1 Å². The van der Waals surface area contributed by atoms with Crippen LogP contribution in [0.4, 0.5) is 5.69 Å². The number of aromatic nitrogens is 2. The third-order valence-corrected chi connectivity index (χ3v) is 5.47. The molecule has 0 fully saturated rings. The van der Waals surface area contributed by atoms with Crippen LogP contribution in [-0.4, -0.2) is 25.8 Å². The first-order valence-electron chi connectivity index (χ1n) is 6.78. The van der Waals surface area contributed by atoms with E-state index in [2.05, 4.69) is 20.9 Å². The first-order valence-corrected chi connectivity index (χ1v) is 9.03. The van der Waals surface area contributed by atoms with E-state index in [4.69, 9.17) is 11.6 Å². The lowest BCUT2D eigenvalue weighted by Crippen LogP contribution is -2.14. The Morgan fingerprint density at radius 1 is 1.48 bits per heavy atom. The number of nitrogens with zero attached hydrogens (tertiary/aromatic N) is 3. The first-order chi connectivity index (χ1) is 11.1. The lowest BCUT2D eigenvalue weighted by Gasteiger charge is -2.06. The van der Waals surface area contributed by atoms with E-state index in [1.807, 2.05) is 37.4 Å². The van der Waals surface area contributed by atoms with Crippen LogP contribution in [0.25, 0.3) is 0 Å². The summed E-state index contributed by atoms with van der Waals surface area (Å²) in [5, 5.41) is 11.9. The molecule has 0 spiro atoms. The Labute approximate surface area is 147 Å². The number of aryl methyl sites for hydroxylation is 1. The van der Waals surface area contributed by atoms with E-state index in [0.717, 1.165) is 15.8 Å². The highest BCUT2D eigenvalue weighted by Gasteiger charge is 2.26. The van der Waals surface area contributed by atoms with Crippen LogP contribution in [0, 0.1) is 0 Å². The smallest absolute Gasteiger partial charge is 0.234 e. The maximum absolute atomic E-state index is 11.9. The molecular formula is C14H14ClN5OS2. The zero-order valence-electron chi connectivity index (χ0n) is 12.2. The fourth-order valence-corrected chi connectivity index (χ4v) is 4.18. The molecule has 9 heteroatoms. The molecule has 1 atom stereocenters. The maximum Gasteiger partial charge on any atom is 0.234 e. The van der Waals surface area contributed by atoms with Crippen molar-refractivity contribution in [3.8, 4) is 0 Å². The van der Waals surface area contributed by atoms with E-state index >= 15 is 0 Å². The number of nitrogens with one attached hydrogen (secondary N) is 2. The molecule has 1 aliphatic heterocycles. The highest BCUT2D eigenvalue weighted by molar-refractivity contribution is 8.39. The molecule has 1 aromatic carbocycles. The second-order valence-corrected chi connectivity index (χ2v) is 7.47. The number of rotatable bonds is 4. The zero-order valence-corrected chi connectivity index (χ0v) is 14.6. The molecule has 0 bridgehead atoms. The van der Waals surface area contributed by atoms with Gasteiger partial charge in [-0.05, 0) is 12.1 Å². The minimum Gasteiger partial charge on any atom is -0.325 e. The Morgan fingerprint density at radius 3 is 2.96 bits per heavy atom. The highest BCUT2D eigenvalue weighted by Crippen LogP contribution is 2.37. The van der Waals surface area contributed by atoms with E-state index in [1.165, 1.54) is 23.5 Å². The number of anilines is 1. The van der Waals surface area contributed by atoms with Crippen molar-refractivity contribution in [2.75, 3.05) is 11.1 Å². The minimum absolute atomic E-state index is 0.0659. The molecule has 2 N–H and O–H groups in total. The van der Waals surface area contributed by atoms with Crippen molar-refractivity contribution in [3.63, 3.8) is 0 Å². The monoisotopic (exact) mass is 367 g/mol. The van der Waals surface area contributed by atoms with Crippen molar-refractivity contribution >= 4 is 51.1 Å². The van der Waals surface area contributed by atoms with Gasteiger partial charge in [0.05, 0.1) is 10.8 Å². The number of halogens is 1. The molecule has 1 amide bonds. The topological polar surface area (TPSA) is 71.3 Å². The average molecular weight is 368 g/mol. The van der Waals surface area contributed by atoms with Crippen LogP contribution >= 0.6 is 35.1 Å². The lowest BCUT2D eigenvalue weighted by molar-refractivity contribution is -0.113. The Morgan fingerprint density at radius 2 is 2.26 bits per heavy atom. The number of hydrazone groups is 1. The number of para-hydroxylation sites is 1. The summed E-state index contributed by atoms with van der Waals surface area (Å²) in [7, 11) is 1.82. The van der Waals surface area contributed by atoms with Crippen molar-refractivity contribution in [3.05, 3.63) is 47.2 Å². The van der Waals surface area contributed by atoms with E-state index < -0.39 is 0 Å². The van der Waals surface area contributed by atoms with Crippen LogP contribution in [0.1, 0.15) is 11.1 Å². The van der Waals surface area contributed by atoms with E-state index in [9.17, 15) is 4.79 Å². The summed E-state index contributed by atoms with van der Waals surface area (Å²) in [6, 6.07) is 9.37. The normalized spacial score (nSPS) is 16.8. The van der Waals surface area contributed by atoms with Gasteiger partial charge in [-0.15, -0.1) is 0 Å². The highest BCUT2D eigenvalue weighted by atomic mass is 35.5. The molecular weight excluding hydrogens is 354 g/mol. The van der Waals surface area contributed by atoms with Gasteiger partial charge in [0.2, 0.25) is 5.91 Å². The second-order valence-electron chi connectivity index (χ2n) is 4.74. The molecule has 120 valence electrons. The minimum atomic E-state index is -0.122. The number of thioether (sulfide) groups is 2. The fourth-order valence-electron chi connectivity index (χ4n) is 1.95. The molecule has 1 aliphatic rings. The predicted octanol–water partition coefficient (Wildman–Crippen LogP) is 3.05. The van der Waals surface area contributed by atoms with E-state index in [-0.39, 0.29) is 11.3 Å². The zero-order chi connectivity index (χ0) is 16.2. The van der Waals surface area contributed by atoms with Gasteiger partial charge in [0.25, 0.3) is 0 Å². The van der Waals surface area contributed by atoms with E-state index in [1.54, 1.807) is 10.9 Å². The van der Waals surface area contributed by atoms with Crippen LogP contribution in [-0.2, 0) is 11.8 Å². The first kappa shape index (κ1) is 16.2. The van der Waals surface area contributed by atoms with Crippen molar-refractivity contribution in [1.82, 2.24) is 15.2 Å². The number of hydrogen-bond acceptors (Lipinski definition) is 6. The van der Waals surface area contributed by atoms with Crippen LogP contribution in [0.2, 0.25) is 5.02 Å². The van der Waals surface area contributed by atoms with Gasteiger partial charge < -0.3 is 5.32 Å². The molecule has 6 nitrogen and oxygen atoms in total. The van der Waals surface area contributed by atoms with Crippen molar-refractivity contribution in [1.29, 1.82) is 0 Å². The molecule has 0 aliphatic carbocycles. The van der Waals surface area contributed by atoms with Gasteiger partial charge in [-0.25, -0.2) is 0 Å². The molecule has 1 unspecified atom stereocenters. The SMILES string of the molecule is Cn1cc(Cl)c(C2NN=C(SCC(=O)Nc3ccccc3)S2)n1. The number of amides is 1. The number of benzene rings is 1. The third kappa shape index (κ3) is 4.21. The molecule has 0 radical (unpaired) electrons. The van der Waals surface area contributed by atoms with E-state index in [0.29, 0.717) is 10.8 Å². The van der Waals surface area contributed by atoms with Crippen molar-refractivity contribution in [2.45, 2.75) is 5.37 Å².